The summed E-state index contributed by atoms with van der Waals surface area (Å²) in [6, 6.07) is 4.64. The van der Waals surface area contributed by atoms with Crippen molar-refractivity contribution in [1.29, 1.82) is 0 Å². The fourth-order valence-corrected chi connectivity index (χ4v) is 1.27. The van der Waals surface area contributed by atoms with Gasteiger partial charge in [-0.15, -0.1) is 0 Å². The molecular formula is C7H9NO2S. The smallest absolute Gasteiger partial charge is 0.168 e. The summed E-state index contributed by atoms with van der Waals surface area (Å²) in [4.78, 5) is 0.312. The minimum absolute atomic E-state index is 0.312. The molecule has 0 aliphatic carbocycles. The fraction of sp³-hybridized carbons (Fsp3) is 0.143. The van der Waals surface area contributed by atoms with Gasteiger partial charge in [-0.3, -0.25) is 0 Å². The zero-order chi connectivity index (χ0) is 8.43. The van der Waals surface area contributed by atoms with Gasteiger partial charge < -0.3 is 5.73 Å². The van der Waals surface area contributed by atoms with Crippen molar-refractivity contribution in [2.75, 3.05) is 5.73 Å². The Morgan fingerprint density at radius 3 is 2.45 bits per heavy atom. The maximum Gasteiger partial charge on any atom is 0.168 e. The van der Waals surface area contributed by atoms with Crippen LogP contribution in [-0.4, -0.2) is 8.42 Å². The van der Waals surface area contributed by atoms with Crippen LogP contribution < -0.4 is 5.73 Å². The van der Waals surface area contributed by atoms with Crippen LogP contribution in [0.15, 0.2) is 23.1 Å². The molecule has 0 fully saturated rings. The molecule has 3 nitrogen and oxygen atoms in total. The lowest BCUT2D eigenvalue weighted by molar-refractivity contribution is 0.614. The fourth-order valence-electron chi connectivity index (χ4n) is 0.773. The predicted octanol–water partition coefficient (Wildman–Crippen LogP) is 0.548. The number of nitrogen functional groups attached to an aromatic ring is 1. The van der Waals surface area contributed by atoms with Gasteiger partial charge >= 0.3 is 0 Å². The van der Waals surface area contributed by atoms with Crippen LogP contribution >= 0.6 is 0 Å². The second-order valence-corrected chi connectivity index (χ2v) is 3.33. The molecule has 60 valence electrons. The summed E-state index contributed by atoms with van der Waals surface area (Å²) >= 11 is 0. The third kappa shape index (κ3) is 1.71. The van der Waals surface area contributed by atoms with Crippen LogP contribution in [0.2, 0.25) is 0 Å². The highest BCUT2D eigenvalue weighted by Crippen LogP contribution is 2.12. The molecule has 0 saturated carbocycles. The van der Waals surface area contributed by atoms with Gasteiger partial charge in [0.15, 0.2) is 10.7 Å². The van der Waals surface area contributed by atoms with Crippen molar-refractivity contribution in [2.45, 2.75) is 11.8 Å². The second-order valence-electron chi connectivity index (χ2n) is 2.30. The first-order valence-electron chi connectivity index (χ1n) is 3.12. The number of nitrogens with two attached hydrogens (primary N) is 1. The number of hydrogen-bond acceptors (Lipinski definition) is 3. The van der Waals surface area contributed by atoms with Crippen LogP contribution in [0.4, 0.5) is 5.69 Å². The van der Waals surface area contributed by atoms with Crippen LogP contribution in [0.3, 0.4) is 0 Å². The monoisotopic (exact) mass is 171 g/mol. The molecule has 0 aromatic heterocycles. The van der Waals surface area contributed by atoms with Crippen LogP contribution in [-0.2, 0) is 10.7 Å². The zero-order valence-corrected chi connectivity index (χ0v) is 6.97. The Bertz CT molecular complexity index is 336. The van der Waals surface area contributed by atoms with Gasteiger partial charge in [-0.25, -0.2) is 8.42 Å². The molecule has 1 aromatic carbocycles. The Morgan fingerprint density at radius 1 is 1.36 bits per heavy atom. The van der Waals surface area contributed by atoms with Gasteiger partial charge in [-0.1, -0.05) is 0 Å². The van der Waals surface area contributed by atoms with E-state index in [1.165, 1.54) is 6.07 Å². The minimum Gasteiger partial charge on any atom is -0.399 e. The third-order valence-electron chi connectivity index (χ3n) is 1.46. The normalized spacial score (nSPS) is 10.4. The van der Waals surface area contributed by atoms with Crippen molar-refractivity contribution in [3.63, 3.8) is 0 Å². The molecule has 0 saturated heterocycles. The summed E-state index contributed by atoms with van der Waals surface area (Å²) in [5, 5.41) is 0. The van der Waals surface area contributed by atoms with Crippen LogP contribution in [0.5, 0.6) is 0 Å². The number of rotatable bonds is 1. The number of thiol groups is 1. The lowest BCUT2D eigenvalue weighted by atomic mass is 10.2. The average Bonchev–Trinajstić information content (AvgIpc) is 1.94. The number of anilines is 1. The molecule has 0 aliphatic heterocycles. The summed E-state index contributed by atoms with van der Waals surface area (Å²) < 4.78 is 20.9. The van der Waals surface area contributed by atoms with Gasteiger partial charge in [-0.2, -0.15) is 0 Å². The molecule has 1 rings (SSSR count). The van der Waals surface area contributed by atoms with E-state index in [0.29, 0.717) is 10.6 Å². The van der Waals surface area contributed by atoms with Crippen molar-refractivity contribution >= 4 is 16.4 Å². The van der Waals surface area contributed by atoms with Crippen molar-refractivity contribution in [1.82, 2.24) is 0 Å². The summed E-state index contributed by atoms with van der Waals surface area (Å²) in [5.74, 6) is 0. The van der Waals surface area contributed by atoms with E-state index in [0.717, 1.165) is 5.56 Å². The highest BCUT2D eigenvalue weighted by molar-refractivity contribution is 7.72. The quantitative estimate of drug-likeness (QED) is 0.479. The van der Waals surface area contributed by atoms with Crippen molar-refractivity contribution in [3.05, 3.63) is 23.8 Å². The van der Waals surface area contributed by atoms with E-state index in [9.17, 15) is 8.42 Å². The second kappa shape index (κ2) is 2.92. The van der Waals surface area contributed by atoms with E-state index in [1.807, 2.05) is 0 Å². The number of benzene rings is 1. The molecule has 11 heavy (non-hydrogen) atoms. The molecule has 0 bridgehead atoms. The van der Waals surface area contributed by atoms with Gasteiger partial charge in [0, 0.05) is 5.69 Å². The Hall–Kier alpha value is -1.03. The summed E-state index contributed by atoms with van der Waals surface area (Å²) in [6.07, 6.45) is 0. The first-order chi connectivity index (χ1) is 5.11. The zero-order valence-electron chi connectivity index (χ0n) is 6.07. The minimum atomic E-state index is -2.48. The molecule has 0 radical (unpaired) electrons. The Morgan fingerprint density at radius 2 is 2.00 bits per heavy atom. The maximum absolute atomic E-state index is 10.5. The van der Waals surface area contributed by atoms with Crippen LogP contribution in [0.1, 0.15) is 5.56 Å². The highest BCUT2D eigenvalue weighted by atomic mass is 32.2. The topological polar surface area (TPSA) is 60.2 Å². The molecule has 0 unspecified atom stereocenters. The van der Waals surface area contributed by atoms with Crippen molar-refractivity contribution in [2.24, 2.45) is 0 Å². The molecule has 0 atom stereocenters. The lowest BCUT2D eigenvalue weighted by Crippen LogP contribution is -1.90. The predicted molar refractivity (Wildman–Crippen MR) is 44.2 cm³/mol. The molecule has 1 aromatic rings. The summed E-state index contributed by atoms with van der Waals surface area (Å²) in [7, 11) is -2.48. The third-order valence-corrected chi connectivity index (χ3v) is 2.16. The van der Waals surface area contributed by atoms with E-state index < -0.39 is 10.7 Å². The van der Waals surface area contributed by atoms with E-state index >= 15 is 0 Å². The van der Waals surface area contributed by atoms with Gasteiger partial charge in [0.25, 0.3) is 0 Å². The number of aryl methyl sites for hydroxylation is 1. The van der Waals surface area contributed by atoms with Gasteiger partial charge in [0.2, 0.25) is 0 Å². The van der Waals surface area contributed by atoms with E-state index in [1.54, 1.807) is 19.1 Å². The molecule has 4 heteroatoms. The molecule has 0 spiro atoms. The van der Waals surface area contributed by atoms with Crippen molar-refractivity contribution in [3.8, 4) is 0 Å². The Kier molecular flexibility index (Phi) is 2.14. The standard InChI is InChI=1S/C7H9NO2S/c1-5-4-6(11(9)10)2-3-7(5)8/h2-4,11H,8H2,1H3. The summed E-state index contributed by atoms with van der Waals surface area (Å²) in [5.41, 5.74) is 6.90. The molecule has 0 amide bonds. The van der Waals surface area contributed by atoms with Gasteiger partial charge in [0.05, 0.1) is 4.90 Å². The first-order valence-corrected chi connectivity index (χ1v) is 4.29. The van der Waals surface area contributed by atoms with E-state index in [-0.39, 0.29) is 0 Å². The van der Waals surface area contributed by atoms with Gasteiger partial charge in [-0.05, 0) is 30.7 Å². The van der Waals surface area contributed by atoms with Crippen LogP contribution in [0.25, 0.3) is 0 Å². The number of hydrogen-bond donors (Lipinski definition) is 2. The first kappa shape index (κ1) is 8.07. The Balaban J connectivity index is 3.26. The van der Waals surface area contributed by atoms with E-state index in [4.69, 9.17) is 5.73 Å². The SMILES string of the molecule is Cc1cc([SH](=O)=O)ccc1N. The van der Waals surface area contributed by atoms with Crippen molar-refractivity contribution < 1.29 is 8.42 Å². The Labute approximate surface area is 66.8 Å². The molecule has 2 N–H and O–H groups in total. The largest absolute Gasteiger partial charge is 0.399 e. The van der Waals surface area contributed by atoms with Crippen LogP contribution in [0, 0.1) is 6.92 Å². The average molecular weight is 171 g/mol. The maximum atomic E-state index is 10.5. The lowest BCUT2D eigenvalue weighted by Gasteiger charge is -1.98. The van der Waals surface area contributed by atoms with Gasteiger partial charge in [0.1, 0.15) is 0 Å². The summed E-state index contributed by atoms with van der Waals surface area (Å²) in [6.45, 7) is 1.78. The molecular weight excluding hydrogens is 162 g/mol. The molecule has 0 aliphatic rings. The van der Waals surface area contributed by atoms with E-state index in [2.05, 4.69) is 0 Å². The highest BCUT2D eigenvalue weighted by Gasteiger charge is 1.96. The molecule has 0 heterocycles.